The third kappa shape index (κ3) is 6.42. The fraction of sp³-hybridized carbons (Fsp3) is 0.367. The number of benzene rings is 2. The number of nitrogens with one attached hydrogen (secondary N) is 3. The molecule has 1 aliphatic carbocycles. The molecule has 0 unspecified atom stereocenters. The number of aromatic nitrogens is 1. The van der Waals surface area contributed by atoms with Crippen molar-refractivity contribution in [3.63, 3.8) is 0 Å². The Hall–Kier alpha value is -4.09. The molecule has 1 aliphatic heterocycles. The van der Waals surface area contributed by atoms with Gasteiger partial charge in [0.05, 0.1) is 5.56 Å². The van der Waals surface area contributed by atoms with E-state index in [0.29, 0.717) is 12.1 Å². The van der Waals surface area contributed by atoms with Crippen LogP contribution in [0.2, 0.25) is 0 Å². The predicted molar refractivity (Wildman–Crippen MR) is 151 cm³/mol. The number of nitriles is 1. The van der Waals surface area contributed by atoms with Crippen LogP contribution in [0.1, 0.15) is 36.8 Å². The summed E-state index contributed by atoms with van der Waals surface area (Å²) in [6.45, 7) is 4.46. The van der Waals surface area contributed by atoms with E-state index < -0.39 is 0 Å². The predicted octanol–water partition coefficient (Wildman–Crippen LogP) is 4.50. The van der Waals surface area contributed by atoms with E-state index >= 15 is 0 Å². The topological polar surface area (TPSA) is 96.3 Å². The van der Waals surface area contributed by atoms with Gasteiger partial charge in [-0.05, 0) is 67.6 Å². The Morgan fingerprint density at radius 2 is 1.74 bits per heavy atom. The number of anilines is 3. The molecule has 0 bridgehead atoms. The van der Waals surface area contributed by atoms with E-state index in [4.69, 9.17) is 5.26 Å². The van der Waals surface area contributed by atoms with E-state index in [1.165, 1.54) is 5.69 Å². The van der Waals surface area contributed by atoms with E-state index in [-0.39, 0.29) is 18.1 Å². The van der Waals surface area contributed by atoms with Crippen LogP contribution in [0.3, 0.4) is 0 Å². The van der Waals surface area contributed by atoms with Crippen molar-refractivity contribution >= 4 is 23.2 Å². The minimum atomic E-state index is -0.0612. The van der Waals surface area contributed by atoms with Crippen LogP contribution in [-0.4, -0.2) is 49.3 Å². The van der Waals surface area contributed by atoms with Gasteiger partial charge in [0.25, 0.3) is 0 Å². The molecule has 1 aromatic heterocycles. The maximum Gasteiger partial charge on any atom is 0.322 e. The van der Waals surface area contributed by atoms with E-state index in [9.17, 15) is 4.79 Å². The number of pyridine rings is 1. The first-order valence-corrected chi connectivity index (χ1v) is 13.5. The minimum Gasteiger partial charge on any atom is -0.369 e. The Balaban J connectivity index is 1.27. The molecule has 2 fully saturated rings. The van der Waals surface area contributed by atoms with Gasteiger partial charge in [-0.25, -0.2) is 9.78 Å². The van der Waals surface area contributed by atoms with Crippen LogP contribution in [0, 0.1) is 11.3 Å². The lowest BCUT2D eigenvalue weighted by Crippen LogP contribution is -2.48. The normalized spacial score (nSPS) is 19.3. The van der Waals surface area contributed by atoms with E-state index in [0.717, 1.165) is 68.9 Å². The van der Waals surface area contributed by atoms with Crippen molar-refractivity contribution in [3.8, 4) is 6.07 Å². The fourth-order valence-corrected chi connectivity index (χ4v) is 5.33. The van der Waals surface area contributed by atoms with Gasteiger partial charge in [0.2, 0.25) is 0 Å². The smallest absolute Gasteiger partial charge is 0.322 e. The van der Waals surface area contributed by atoms with E-state index in [1.807, 2.05) is 41.3 Å². The highest BCUT2D eigenvalue weighted by Gasteiger charge is 2.30. The summed E-state index contributed by atoms with van der Waals surface area (Å²) >= 11 is 0. The van der Waals surface area contributed by atoms with Crippen LogP contribution < -0.4 is 25.8 Å². The summed E-state index contributed by atoms with van der Waals surface area (Å²) < 4.78 is 0. The first-order valence-electron chi connectivity index (χ1n) is 13.5. The second-order valence-corrected chi connectivity index (χ2v) is 9.96. The molecule has 2 aliphatic rings. The van der Waals surface area contributed by atoms with Crippen molar-refractivity contribution in [1.29, 1.82) is 5.26 Å². The molecule has 8 nitrogen and oxygen atoms in total. The van der Waals surface area contributed by atoms with Crippen molar-refractivity contribution in [2.75, 3.05) is 41.3 Å². The van der Waals surface area contributed by atoms with Gasteiger partial charge in [-0.1, -0.05) is 30.3 Å². The third-order valence-corrected chi connectivity index (χ3v) is 7.42. The van der Waals surface area contributed by atoms with Crippen molar-refractivity contribution in [1.82, 2.24) is 15.6 Å². The molecule has 0 radical (unpaired) electrons. The van der Waals surface area contributed by atoms with Crippen LogP contribution in [0.15, 0.2) is 72.9 Å². The van der Waals surface area contributed by atoms with Gasteiger partial charge in [-0.3, -0.25) is 4.90 Å². The first-order chi connectivity index (χ1) is 18.7. The average molecular weight is 510 g/mol. The van der Waals surface area contributed by atoms with Crippen LogP contribution in [0.25, 0.3) is 0 Å². The summed E-state index contributed by atoms with van der Waals surface area (Å²) in [5.74, 6) is 0.786. The lowest BCUT2D eigenvalue weighted by atomic mass is 9.90. The average Bonchev–Trinajstić information content (AvgIpc) is 2.99. The molecule has 1 saturated heterocycles. The fourth-order valence-electron chi connectivity index (χ4n) is 5.33. The van der Waals surface area contributed by atoms with Gasteiger partial charge < -0.3 is 20.9 Å². The molecule has 2 aromatic carbocycles. The van der Waals surface area contributed by atoms with Gasteiger partial charge in [-0.2, -0.15) is 5.26 Å². The second-order valence-electron chi connectivity index (χ2n) is 9.96. The van der Waals surface area contributed by atoms with Crippen molar-refractivity contribution in [3.05, 3.63) is 84.1 Å². The van der Waals surface area contributed by atoms with Gasteiger partial charge in [0, 0.05) is 62.4 Å². The molecule has 1 saturated carbocycles. The number of piperazine rings is 1. The summed E-state index contributed by atoms with van der Waals surface area (Å²) in [5, 5.41) is 19.1. The minimum absolute atomic E-state index is 0.0612. The molecule has 3 aromatic rings. The summed E-state index contributed by atoms with van der Waals surface area (Å²) in [6, 6.07) is 24.6. The zero-order valence-corrected chi connectivity index (χ0v) is 21.6. The third-order valence-electron chi connectivity index (χ3n) is 7.42. The summed E-state index contributed by atoms with van der Waals surface area (Å²) in [5.41, 5.74) is 3.76. The van der Waals surface area contributed by atoms with Gasteiger partial charge in [0.15, 0.2) is 0 Å². The number of nitrogens with zero attached hydrogens (tertiary/aromatic N) is 4. The standard InChI is InChI=1S/C30H35N7O/c31-20-24-6-15-29(33-22-24)35-25-7-9-27(10-8-25)37(30(38)34-21-23-4-2-1-3-5-23)28-13-11-26(12-14-28)36-18-16-32-17-19-36/h1-6,11-15,22,25,27,32H,7-10,16-19,21H2,(H,33,35)(H,34,38)/t25-,27-. The lowest BCUT2D eigenvalue weighted by Gasteiger charge is -2.37. The maximum absolute atomic E-state index is 13.6. The molecular weight excluding hydrogens is 474 g/mol. The Morgan fingerprint density at radius 3 is 2.39 bits per heavy atom. The molecule has 0 atom stereocenters. The maximum atomic E-state index is 13.6. The molecule has 2 heterocycles. The number of carbonyl (C=O) groups is 1. The van der Waals surface area contributed by atoms with Gasteiger partial charge in [0.1, 0.15) is 11.9 Å². The Bertz CT molecular complexity index is 1210. The largest absolute Gasteiger partial charge is 0.369 e. The number of hydrogen-bond acceptors (Lipinski definition) is 6. The summed E-state index contributed by atoms with van der Waals surface area (Å²) in [7, 11) is 0. The van der Waals surface area contributed by atoms with Crippen LogP contribution in [-0.2, 0) is 6.54 Å². The van der Waals surface area contributed by atoms with Crippen LogP contribution >= 0.6 is 0 Å². The number of carbonyl (C=O) groups excluding carboxylic acids is 1. The molecule has 8 heteroatoms. The van der Waals surface area contributed by atoms with Crippen molar-refractivity contribution in [2.45, 2.75) is 44.3 Å². The highest BCUT2D eigenvalue weighted by atomic mass is 16.2. The summed E-state index contributed by atoms with van der Waals surface area (Å²) in [6.07, 6.45) is 5.26. The van der Waals surface area contributed by atoms with Crippen LogP contribution in [0.4, 0.5) is 22.0 Å². The number of amides is 2. The zero-order valence-electron chi connectivity index (χ0n) is 21.6. The van der Waals surface area contributed by atoms with Gasteiger partial charge in [-0.15, -0.1) is 0 Å². The van der Waals surface area contributed by atoms with Crippen molar-refractivity contribution < 1.29 is 4.79 Å². The molecule has 38 heavy (non-hydrogen) atoms. The Morgan fingerprint density at radius 1 is 1.00 bits per heavy atom. The van der Waals surface area contributed by atoms with Crippen LogP contribution in [0.5, 0.6) is 0 Å². The summed E-state index contributed by atoms with van der Waals surface area (Å²) in [4.78, 5) is 22.3. The molecular formula is C30H35N7O. The second kappa shape index (κ2) is 12.4. The Kier molecular flexibility index (Phi) is 8.36. The Labute approximate surface area is 224 Å². The SMILES string of the molecule is N#Cc1ccc(N[C@H]2CC[C@H](N(C(=O)NCc3ccccc3)c3ccc(N4CCNCC4)cc3)CC2)nc1. The van der Waals surface area contributed by atoms with Crippen molar-refractivity contribution in [2.24, 2.45) is 0 Å². The molecule has 3 N–H and O–H groups in total. The quantitative estimate of drug-likeness (QED) is 0.434. The lowest BCUT2D eigenvalue weighted by molar-refractivity contribution is 0.240. The molecule has 5 rings (SSSR count). The zero-order chi connectivity index (χ0) is 26.2. The van der Waals surface area contributed by atoms with Gasteiger partial charge >= 0.3 is 6.03 Å². The molecule has 2 amide bonds. The number of rotatable bonds is 7. The van der Waals surface area contributed by atoms with E-state index in [1.54, 1.807) is 12.3 Å². The highest BCUT2D eigenvalue weighted by Crippen LogP contribution is 2.30. The molecule has 0 spiro atoms. The highest BCUT2D eigenvalue weighted by molar-refractivity contribution is 5.92. The first kappa shape index (κ1) is 25.6. The van der Waals surface area contributed by atoms with E-state index in [2.05, 4.69) is 56.2 Å². The monoisotopic (exact) mass is 509 g/mol. The number of urea groups is 1. The number of hydrogen-bond donors (Lipinski definition) is 3. The molecule has 196 valence electrons.